The minimum atomic E-state index is -0.275. The molecular formula is C17H19N3O3. The highest BCUT2D eigenvalue weighted by Gasteiger charge is 2.32. The van der Waals surface area contributed by atoms with Gasteiger partial charge >= 0.3 is 5.97 Å². The van der Waals surface area contributed by atoms with Crippen molar-refractivity contribution in [1.82, 2.24) is 10.0 Å². The number of hydrogen-bond acceptors (Lipinski definition) is 5. The van der Waals surface area contributed by atoms with Crippen molar-refractivity contribution >= 4 is 22.4 Å². The zero-order chi connectivity index (χ0) is 16.0. The van der Waals surface area contributed by atoms with Crippen molar-refractivity contribution in [3.05, 3.63) is 40.3 Å². The zero-order valence-electron chi connectivity index (χ0n) is 13.0. The summed E-state index contributed by atoms with van der Waals surface area (Å²) >= 11 is 0. The highest BCUT2D eigenvalue weighted by molar-refractivity contribution is 5.97. The number of hydrogen-bond donors (Lipinski definition) is 1. The van der Waals surface area contributed by atoms with Crippen LogP contribution in [0.1, 0.15) is 18.9 Å². The van der Waals surface area contributed by atoms with Crippen LogP contribution in [0.3, 0.4) is 0 Å². The molecule has 1 aromatic carbocycles. The molecule has 6 nitrogen and oxygen atoms in total. The molecule has 6 heteroatoms. The topological polar surface area (TPSA) is 65.6 Å². The van der Waals surface area contributed by atoms with E-state index >= 15 is 0 Å². The first-order valence-corrected chi connectivity index (χ1v) is 7.97. The van der Waals surface area contributed by atoms with Crippen LogP contribution in [0.15, 0.2) is 29.2 Å². The molecule has 1 unspecified atom stereocenters. The monoisotopic (exact) mass is 313 g/mol. The summed E-state index contributed by atoms with van der Waals surface area (Å²) < 4.78 is 0. The Balaban J connectivity index is 1.70. The minimum absolute atomic E-state index is 0.0413. The van der Waals surface area contributed by atoms with Crippen LogP contribution < -0.4 is 10.5 Å². The summed E-state index contributed by atoms with van der Waals surface area (Å²) in [6.45, 7) is 3.79. The van der Waals surface area contributed by atoms with Gasteiger partial charge in [-0.15, -0.1) is 5.06 Å². The largest absolute Gasteiger partial charge is 0.368 e. The molecule has 3 heterocycles. The normalized spacial score (nSPS) is 20.9. The summed E-state index contributed by atoms with van der Waals surface area (Å²) in [6.07, 6.45) is 3.70. The number of hydroxylamine groups is 2. The van der Waals surface area contributed by atoms with Crippen LogP contribution in [0.4, 0.5) is 5.69 Å². The van der Waals surface area contributed by atoms with Gasteiger partial charge in [-0.2, -0.15) is 0 Å². The molecule has 23 heavy (non-hydrogen) atoms. The van der Waals surface area contributed by atoms with E-state index in [1.54, 1.807) is 5.06 Å². The van der Waals surface area contributed by atoms with Gasteiger partial charge in [0.1, 0.15) is 0 Å². The van der Waals surface area contributed by atoms with Crippen molar-refractivity contribution in [2.75, 3.05) is 24.5 Å². The van der Waals surface area contributed by atoms with Gasteiger partial charge in [-0.3, -0.25) is 9.59 Å². The summed E-state index contributed by atoms with van der Waals surface area (Å²) in [7, 11) is 0. The molecule has 0 bridgehead atoms. The van der Waals surface area contributed by atoms with E-state index in [2.05, 4.69) is 16.0 Å². The highest BCUT2D eigenvalue weighted by atomic mass is 16.7. The molecule has 1 N–H and O–H groups in total. The lowest BCUT2D eigenvalue weighted by molar-refractivity contribution is -0.182. The molecule has 1 saturated heterocycles. The molecule has 1 atom stereocenters. The van der Waals surface area contributed by atoms with Gasteiger partial charge in [0.25, 0.3) is 5.56 Å². The fraction of sp³-hybridized carbons (Fsp3) is 0.412. The number of carbonyl (C=O) groups excluding carboxylic acids is 1. The number of anilines is 1. The molecule has 0 radical (unpaired) electrons. The number of aromatic amines is 1. The lowest BCUT2D eigenvalue weighted by Crippen LogP contribution is -2.41. The number of rotatable bonds is 2. The third-order valence-electron chi connectivity index (χ3n) is 4.74. The number of nitrogens with one attached hydrogen (secondary N) is 1. The molecule has 0 saturated carbocycles. The third-order valence-corrected chi connectivity index (χ3v) is 4.74. The van der Waals surface area contributed by atoms with Gasteiger partial charge in [0.2, 0.25) is 0 Å². The Kier molecular flexibility index (Phi) is 3.34. The quantitative estimate of drug-likeness (QED) is 0.909. The van der Waals surface area contributed by atoms with Gasteiger partial charge in [-0.1, -0.05) is 6.07 Å². The Morgan fingerprint density at radius 1 is 1.35 bits per heavy atom. The number of aromatic nitrogens is 1. The molecule has 0 aliphatic carbocycles. The first kappa shape index (κ1) is 14.3. The predicted molar refractivity (Wildman–Crippen MR) is 87.4 cm³/mol. The highest BCUT2D eigenvalue weighted by Crippen LogP contribution is 2.35. The Bertz CT molecular complexity index is 829. The second kappa shape index (κ2) is 5.38. The second-order valence-electron chi connectivity index (χ2n) is 6.20. The van der Waals surface area contributed by atoms with Crippen LogP contribution in [0.2, 0.25) is 0 Å². The predicted octanol–water partition coefficient (Wildman–Crippen LogP) is 1.44. The first-order valence-electron chi connectivity index (χ1n) is 7.97. The fourth-order valence-electron chi connectivity index (χ4n) is 3.78. The Morgan fingerprint density at radius 3 is 3.04 bits per heavy atom. The molecule has 0 amide bonds. The van der Waals surface area contributed by atoms with Gasteiger partial charge < -0.3 is 14.7 Å². The van der Waals surface area contributed by atoms with Crippen molar-refractivity contribution in [3.8, 4) is 0 Å². The summed E-state index contributed by atoms with van der Waals surface area (Å²) in [5, 5.41) is 3.55. The van der Waals surface area contributed by atoms with Crippen LogP contribution >= 0.6 is 0 Å². The number of pyridine rings is 1. The van der Waals surface area contributed by atoms with Crippen LogP contribution in [0, 0.1) is 0 Å². The standard InChI is InChI=1S/C17H19N3O3/c1-11(21)23-19-7-6-13(10-19)20-8-5-12-9-18-17(22)14-3-2-4-15(20)16(12)14/h2-4,9,13H,5-8,10H2,1H3,(H,18,22). The Labute approximate surface area is 133 Å². The van der Waals surface area contributed by atoms with Crippen molar-refractivity contribution in [2.45, 2.75) is 25.8 Å². The lowest BCUT2D eigenvalue weighted by atomic mass is 9.97. The summed E-state index contributed by atoms with van der Waals surface area (Å²) in [4.78, 5) is 33.6. The van der Waals surface area contributed by atoms with E-state index in [-0.39, 0.29) is 11.5 Å². The van der Waals surface area contributed by atoms with Gasteiger partial charge in [0.15, 0.2) is 0 Å². The van der Waals surface area contributed by atoms with Gasteiger partial charge in [-0.05, 0) is 30.5 Å². The summed E-state index contributed by atoms with van der Waals surface area (Å²) in [5.74, 6) is -0.275. The Morgan fingerprint density at radius 2 is 2.22 bits per heavy atom. The van der Waals surface area contributed by atoms with Crippen molar-refractivity contribution in [1.29, 1.82) is 0 Å². The molecular weight excluding hydrogens is 294 g/mol. The van der Waals surface area contributed by atoms with Crippen LogP contribution in [0.5, 0.6) is 0 Å². The molecule has 1 fully saturated rings. The number of carbonyl (C=O) groups is 1. The summed E-state index contributed by atoms with van der Waals surface area (Å²) in [6, 6.07) is 6.20. The first-order chi connectivity index (χ1) is 11.1. The van der Waals surface area contributed by atoms with E-state index < -0.39 is 0 Å². The molecule has 2 aromatic rings. The molecule has 2 aliphatic heterocycles. The molecule has 0 spiro atoms. The van der Waals surface area contributed by atoms with Crippen LogP contribution in [-0.4, -0.2) is 41.7 Å². The number of nitrogens with zero attached hydrogens (tertiary/aromatic N) is 2. The van der Waals surface area contributed by atoms with Gasteiger partial charge in [0.05, 0.1) is 6.54 Å². The maximum atomic E-state index is 12.1. The molecule has 4 rings (SSSR count). The van der Waals surface area contributed by atoms with Gasteiger partial charge in [-0.25, -0.2) is 0 Å². The summed E-state index contributed by atoms with van der Waals surface area (Å²) in [5.41, 5.74) is 2.27. The fourth-order valence-corrected chi connectivity index (χ4v) is 3.78. The van der Waals surface area contributed by atoms with Crippen LogP contribution in [0.25, 0.3) is 10.8 Å². The second-order valence-corrected chi connectivity index (χ2v) is 6.20. The number of H-pyrrole nitrogens is 1. The zero-order valence-corrected chi connectivity index (χ0v) is 13.0. The minimum Gasteiger partial charge on any atom is -0.368 e. The molecule has 120 valence electrons. The van der Waals surface area contributed by atoms with Crippen molar-refractivity contribution in [3.63, 3.8) is 0 Å². The van der Waals surface area contributed by atoms with E-state index in [0.29, 0.717) is 12.6 Å². The van der Waals surface area contributed by atoms with E-state index in [1.165, 1.54) is 12.5 Å². The van der Waals surface area contributed by atoms with Crippen molar-refractivity contribution < 1.29 is 9.63 Å². The lowest BCUT2D eigenvalue weighted by Gasteiger charge is -2.35. The van der Waals surface area contributed by atoms with Gasteiger partial charge in [0, 0.05) is 48.7 Å². The maximum absolute atomic E-state index is 12.1. The van der Waals surface area contributed by atoms with Crippen molar-refractivity contribution in [2.24, 2.45) is 0 Å². The average molecular weight is 313 g/mol. The van der Waals surface area contributed by atoms with E-state index in [1.807, 2.05) is 18.3 Å². The third kappa shape index (κ3) is 2.39. The van der Waals surface area contributed by atoms with E-state index in [0.717, 1.165) is 42.4 Å². The Hall–Kier alpha value is -2.34. The molecule has 1 aromatic heterocycles. The molecule has 2 aliphatic rings. The smallest absolute Gasteiger partial charge is 0.322 e. The number of benzene rings is 1. The van der Waals surface area contributed by atoms with E-state index in [4.69, 9.17) is 4.84 Å². The average Bonchev–Trinajstić information content (AvgIpc) is 2.98. The van der Waals surface area contributed by atoms with Crippen LogP contribution in [-0.2, 0) is 16.1 Å². The maximum Gasteiger partial charge on any atom is 0.322 e. The SMILES string of the molecule is CC(=O)ON1CCC(N2CCc3c[nH]c(=O)c4cccc2c34)C1. The van der Waals surface area contributed by atoms with E-state index in [9.17, 15) is 9.59 Å².